The van der Waals surface area contributed by atoms with Crippen molar-refractivity contribution in [2.75, 3.05) is 6.54 Å². The molecule has 1 aliphatic carbocycles. The number of hydrogen-bond donors (Lipinski definition) is 1. The maximum atomic E-state index is 10.7. The molecule has 84 valence electrons. The first-order chi connectivity index (χ1) is 7.09. The summed E-state index contributed by atoms with van der Waals surface area (Å²) < 4.78 is 0. The normalized spacial score (nSPS) is 22.2. The Morgan fingerprint density at radius 3 is 2.87 bits per heavy atom. The third-order valence-electron chi connectivity index (χ3n) is 3.06. The van der Waals surface area contributed by atoms with Gasteiger partial charge in [0.1, 0.15) is 0 Å². The smallest absolute Gasteiger partial charge is 0.217 e. The highest BCUT2D eigenvalue weighted by Crippen LogP contribution is 2.28. The molecule has 1 unspecified atom stereocenters. The highest BCUT2D eigenvalue weighted by Gasteiger charge is 2.13. The quantitative estimate of drug-likeness (QED) is 0.708. The van der Waals surface area contributed by atoms with E-state index in [9.17, 15) is 4.79 Å². The van der Waals surface area contributed by atoms with E-state index in [2.05, 4.69) is 31.3 Å². The minimum Gasteiger partial charge on any atom is -0.353 e. The Morgan fingerprint density at radius 1 is 1.60 bits per heavy atom. The molecule has 1 amide bonds. The average Bonchev–Trinajstić information content (AvgIpc) is 2.18. The monoisotopic (exact) mass is 207 g/mol. The number of rotatable bonds is 3. The van der Waals surface area contributed by atoms with Gasteiger partial charge < -0.3 is 5.32 Å². The topological polar surface area (TPSA) is 29.1 Å². The van der Waals surface area contributed by atoms with Crippen LogP contribution < -0.4 is 5.32 Å². The highest BCUT2D eigenvalue weighted by molar-refractivity contribution is 5.72. The number of carbonyl (C=O) groups is 1. The van der Waals surface area contributed by atoms with Gasteiger partial charge in [-0.25, -0.2) is 0 Å². The van der Waals surface area contributed by atoms with Gasteiger partial charge >= 0.3 is 0 Å². The Bertz CT molecular complexity index is 289. The first-order valence-corrected chi connectivity index (χ1v) is 5.66. The molecule has 0 aromatic carbocycles. The maximum absolute atomic E-state index is 10.7. The van der Waals surface area contributed by atoms with Gasteiger partial charge in [0.05, 0.1) is 0 Å². The van der Waals surface area contributed by atoms with Gasteiger partial charge in [0, 0.05) is 13.5 Å². The van der Waals surface area contributed by atoms with Gasteiger partial charge in [0.15, 0.2) is 0 Å². The molecule has 0 aliphatic heterocycles. The molecular weight excluding hydrogens is 186 g/mol. The number of carbonyl (C=O) groups excluding carboxylic acids is 1. The highest BCUT2D eigenvalue weighted by atomic mass is 16.1. The Labute approximate surface area is 92.4 Å². The van der Waals surface area contributed by atoms with E-state index in [0.29, 0.717) is 12.5 Å². The summed E-state index contributed by atoms with van der Waals surface area (Å²) in [6.45, 7) is 6.59. The van der Waals surface area contributed by atoms with Crippen molar-refractivity contribution < 1.29 is 4.79 Å². The minimum absolute atomic E-state index is 0.0402. The van der Waals surface area contributed by atoms with Crippen LogP contribution >= 0.6 is 0 Å². The molecule has 0 bridgehead atoms. The summed E-state index contributed by atoms with van der Waals surface area (Å²) in [7, 11) is 0. The van der Waals surface area contributed by atoms with Gasteiger partial charge in [-0.2, -0.15) is 0 Å². The minimum atomic E-state index is 0.0402. The molecule has 0 saturated carbocycles. The lowest BCUT2D eigenvalue weighted by molar-refractivity contribution is -0.118. The molecule has 2 heteroatoms. The van der Waals surface area contributed by atoms with E-state index in [0.717, 1.165) is 6.42 Å². The molecule has 1 N–H and O–H groups in total. The second-order valence-electron chi connectivity index (χ2n) is 4.41. The SMILES string of the molecule is CC(=O)NC/C=C(/C)C1CC=C(C)CC1. The van der Waals surface area contributed by atoms with Crippen LogP contribution in [0.3, 0.4) is 0 Å². The summed E-state index contributed by atoms with van der Waals surface area (Å²) in [5, 5.41) is 2.79. The van der Waals surface area contributed by atoms with Crippen LogP contribution in [0, 0.1) is 5.92 Å². The van der Waals surface area contributed by atoms with E-state index in [1.165, 1.54) is 24.0 Å². The molecule has 0 heterocycles. The molecule has 0 spiro atoms. The molecule has 1 rings (SSSR count). The van der Waals surface area contributed by atoms with Crippen molar-refractivity contribution >= 4 is 5.91 Å². The largest absolute Gasteiger partial charge is 0.353 e. The van der Waals surface area contributed by atoms with E-state index < -0.39 is 0 Å². The van der Waals surface area contributed by atoms with E-state index >= 15 is 0 Å². The Kier molecular flexibility index (Phi) is 4.60. The predicted molar refractivity (Wildman–Crippen MR) is 63.5 cm³/mol. The van der Waals surface area contributed by atoms with Crippen molar-refractivity contribution in [3.8, 4) is 0 Å². The van der Waals surface area contributed by atoms with Gasteiger partial charge in [0.2, 0.25) is 5.91 Å². The summed E-state index contributed by atoms with van der Waals surface area (Å²) >= 11 is 0. The molecule has 0 aromatic rings. The van der Waals surface area contributed by atoms with Crippen LogP contribution in [0.15, 0.2) is 23.3 Å². The lowest BCUT2D eigenvalue weighted by Crippen LogP contribution is -2.20. The van der Waals surface area contributed by atoms with E-state index in [-0.39, 0.29) is 5.91 Å². The van der Waals surface area contributed by atoms with Crippen molar-refractivity contribution in [2.24, 2.45) is 5.92 Å². The molecule has 0 radical (unpaired) electrons. The summed E-state index contributed by atoms with van der Waals surface area (Å²) in [6.07, 6.45) is 8.11. The number of amides is 1. The van der Waals surface area contributed by atoms with Crippen LogP contribution in [-0.2, 0) is 4.79 Å². The van der Waals surface area contributed by atoms with Crippen molar-refractivity contribution in [1.29, 1.82) is 0 Å². The van der Waals surface area contributed by atoms with Crippen molar-refractivity contribution in [2.45, 2.75) is 40.0 Å². The van der Waals surface area contributed by atoms with Crippen molar-refractivity contribution in [3.05, 3.63) is 23.3 Å². The summed E-state index contributed by atoms with van der Waals surface area (Å²) in [5.41, 5.74) is 2.92. The van der Waals surface area contributed by atoms with Gasteiger partial charge in [-0.1, -0.05) is 23.3 Å². The van der Waals surface area contributed by atoms with Crippen LogP contribution in [0.4, 0.5) is 0 Å². The van der Waals surface area contributed by atoms with Crippen molar-refractivity contribution in [1.82, 2.24) is 5.32 Å². The summed E-state index contributed by atoms with van der Waals surface area (Å²) in [4.78, 5) is 10.7. The maximum Gasteiger partial charge on any atom is 0.217 e. The first kappa shape index (κ1) is 12.0. The Balaban J connectivity index is 2.39. The number of hydrogen-bond acceptors (Lipinski definition) is 1. The summed E-state index contributed by atoms with van der Waals surface area (Å²) in [5.74, 6) is 0.723. The Hall–Kier alpha value is -1.05. The fourth-order valence-electron chi connectivity index (χ4n) is 1.90. The van der Waals surface area contributed by atoms with Gasteiger partial charge in [-0.3, -0.25) is 4.79 Å². The second kappa shape index (κ2) is 5.74. The van der Waals surface area contributed by atoms with Gasteiger partial charge in [0.25, 0.3) is 0 Å². The zero-order chi connectivity index (χ0) is 11.3. The van der Waals surface area contributed by atoms with Crippen LogP contribution in [0.2, 0.25) is 0 Å². The standard InChI is InChI=1S/C13H21NO/c1-10-4-6-13(7-5-10)11(2)8-9-14-12(3)15/h4,8,13H,5-7,9H2,1-3H3,(H,14,15)/b11-8-. The summed E-state index contributed by atoms with van der Waals surface area (Å²) in [6, 6.07) is 0. The molecule has 2 nitrogen and oxygen atoms in total. The lowest BCUT2D eigenvalue weighted by atomic mass is 9.85. The van der Waals surface area contributed by atoms with E-state index in [4.69, 9.17) is 0 Å². The molecule has 1 atom stereocenters. The lowest BCUT2D eigenvalue weighted by Gasteiger charge is -2.21. The average molecular weight is 207 g/mol. The van der Waals surface area contributed by atoms with Crippen LogP contribution in [0.1, 0.15) is 40.0 Å². The third-order valence-corrected chi connectivity index (χ3v) is 3.06. The van der Waals surface area contributed by atoms with Crippen LogP contribution in [-0.4, -0.2) is 12.5 Å². The molecule has 0 fully saturated rings. The molecule has 1 aliphatic rings. The first-order valence-electron chi connectivity index (χ1n) is 5.66. The fourth-order valence-corrected chi connectivity index (χ4v) is 1.90. The molecule has 0 aromatic heterocycles. The molecule has 15 heavy (non-hydrogen) atoms. The molecular formula is C13H21NO. The van der Waals surface area contributed by atoms with Crippen LogP contribution in [0.25, 0.3) is 0 Å². The predicted octanol–water partition coefficient (Wildman–Crippen LogP) is 2.82. The number of allylic oxidation sites excluding steroid dienone is 3. The Morgan fingerprint density at radius 2 is 2.33 bits per heavy atom. The van der Waals surface area contributed by atoms with E-state index in [1.807, 2.05) is 0 Å². The van der Waals surface area contributed by atoms with Gasteiger partial charge in [-0.15, -0.1) is 0 Å². The third kappa shape index (κ3) is 4.32. The molecule has 0 saturated heterocycles. The van der Waals surface area contributed by atoms with Gasteiger partial charge in [-0.05, 0) is 39.0 Å². The second-order valence-corrected chi connectivity index (χ2v) is 4.41. The van der Waals surface area contributed by atoms with Crippen molar-refractivity contribution in [3.63, 3.8) is 0 Å². The number of nitrogens with one attached hydrogen (secondary N) is 1. The van der Waals surface area contributed by atoms with E-state index in [1.54, 1.807) is 6.92 Å². The fraction of sp³-hybridized carbons (Fsp3) is 0.615. The zero-order valence-electron chi connectivity index (χ0n) is 9.97. The van der Waals surface area contributed by atoms with Crippen LogP contribution in [0.5, 0.6) is 0 Å². The zero-order valence-corrected chi connectivity index (χ0v) is 9.97.